The Labute approximate surface area is 83.8 Å². The first kappa shape index (κ1) is 11.0. The van der Waals surface area contributed by atoms with Crippen LogP contribution in [0.2, 0.25) is 0 Å². The first-order valence-corrected chi connectivity index (χ1v) is 4.48. The molecule has 0 aliphatic rings. The molecule has 0 saturated heterocycles. The molecule has 0 unspecified atom stereocenters. The van der Waals surface area contributed by atoms with Crippen molar-refractivity contribution < 1.29 is 9.47 Å². The summed E-state index contributed by atoms with van der Waals surface area (Å²) in [6.45, 7) is 2.99. The van der Waals surface area contributed by atoms with E-state index < -0.39 is 0 Å². The van der Waals surface area contributed by atoms with Crippen molar-refractivity contribution >= 4 is 5.82 Å². The monoisotopic (exact) mass is 199 g/mol. The Morgan fingerprint density at radius 2 is 2.00 bits per heavy atom. The molecular weight excluding hydrogens is 182 g/mol. The number of hydrogen-bond acceptors (Lipinski definition) is 4. The van der Waals surface area contributed by atoms with Gasteiger partial charge in [-0.3, -0.25) is 0 Å². The lowest BCUT2D eigenvalue weighted by atomic mass is 10.3. The normalized spacial score (nSPS) is 11.1. The van der Waals surface area contributed by atoms with E-state index >= 15 is 0 Å². The molecule has 1 heterocycles. The van der Waals surface area contributed by atoms with Gasteiger partial charge in [-0.05, 0) is 6.92 Å². The predicted octanol–water partition coefficient (Wildman–Crippen LogP) is 0.608. The van der Waals surface area contributed by atoms with Crippen LogP contribution in [-0.2, 0) is 9.47 Å². The number of aryl methyl sites for hydroxylation is 1. The van der Waals surface area contributed by atoms with Crippen LogP contribution in [0.3, 0.4) is 0 Å². The van der Waals surface area contributed by atoms with Gasteiger partial charge >= 0.3 is 0 Å². The van der Waals surface area contributed by atoms with Gasteiger partial charge in [-0.1, -0.05) is 0 Å². The maximum Gasteiger partial charge on any atom is 0.122 e. The van der Waals surface area contributed by atoms with Crippen molar-refractivity contribution in [2.45, 2.75) is 13.0 Å². The van der Waals surface area contributed by atoms with Crippen molar-refractivity contribution in [3.63, 3.8) is 0 Å². The molecule has 0 saturated carbocycles. The average molecular weight is 199 g/mol. The number of aromatic nitrogens is 2. The van der Waals surface area contributed by atoms with Gasteiger partial charge in [0.25, 0.3) is 0 Å². The van der Waals surface area contributed by atoms with Crippen LogP contribution in [0.15, 0.2) is 6.07 Å². The van der Waals surface area contributed by atoms with Gasteiger partial charge in [0.15, 0.2) is 0 Å². The quantitative estimate of drug-likeness (QED) is 0.754. The van der Waals surface area contributed by atoms with E-state index in [1.165, 1.54) is 0 Å². The van der Waals surface area contributed by atoms with Crippen LogP contribution in [0, 0.1) is 6.92 Å². The molecule has 0 amide bonds. The predicted molar refractivity (Wildman–Crippen MR) is 54.2 cm³/mol. The summed E-state index contributed by atoms with van der Waals surface area (Å²) < 4.78 is 11.9. The highest BCUT2D eigenvalue weighted by Gasteiger charge is 2.14. The Hall–Kier alpha value is -1.07. The van der Waals surface area contributed by atoms with Gasteiger partial charge in [0, 0.05) is 20.3 Å². The highest BCUT2D eigenvalue weighted by molar-refractivity contribution is 5.30. The number of nitrogen functional groups attached to an aromatic ring is 1. The average Bonchev–Trinajstić information content (AvgIpc) is 2.45. The Morgan fingerprint density at radius 1 is 1.43 bits per heavy atom. The molecule has 0 radical (unpaired) electrons. The van der Waals surface area contributed by atoms with Gasteiger partial charge in [-0.2, -0.15) is 5.10 Å². The first-order valence-electron chi connectivity index (χ1n) is 4.48. The molecule has 5 nitrogen and oxygen atoms in total. The number of hydrogen-bond donors (Lipinski definition) is 1. The zero-order chi connectivity index (χ0) is 10.6. The van der Waals surface area contributed by atoms with E-state index in [0.29, 0.717) is 19.0 Å². The summed E-state index contributed by atoms with van der Waals surface area (Å²) >= 11 is 0. The molecule has 0 spiro atoms. The highest BCUT2D eigenvalue weighted by Crippen LogP contribution is 2.14. The van der Waals surface area contributed by atoms with Crippen LogP contribution in [-0.4, -0.2) is 37.2 Å². The fraction of sp³-hybridized carbons (Fsp3) is 0.667. The third-order valence-corrected chi connectivity index (χ3v) is 1.95. The second kappa shape index (κ2) is 4.97. The van der Waals surface area contributed by atoms with Gasteiger partial charge in [-0.15, -0.1) is 0 Å². The van der Waals surface area contributed by atoms with Crippen LogP contribution < -0.4 is 5.73 Å². The molecule has 2 N–H and O–H groups in total. The zero-order valence-corrected chi connectivity index (χ0v) is 8.86. The lowest BCUT2D eigenvalue weighted by Crippen LogP contribution is -2.22. The molecule has 0 aliphatic carbocycles. The van der Waals surface area contributed by atoms with E-state index in [2.05, 4.69) is 5.10 Å². The molecule has 14 heavy (non-hydrogen) atoms. The molecule has 0 bridgehead atoms. The summed E-state index contributed by atoms with van der Waals surface area (Å²) in [4.78, 5) is 0. The van der Waals surface area contributed by atoms with Gasteiger partial charge in [0.1, 0.15) is 11.9 Å². The number of nitrogens with zero attached hydrogens (tertiary/aromatic N) is 2. The summed E-state index contributed by atoms with van der Waals surface area (Å²) in [5, 5.41) is 4.28. The first-order chi connectivity index (χ1) is 6.69. The van der Waals surface area contributed by atoms with E-state index in [4.69, 9.17) is 15.2 Å². The lowest BCUT2D eigenvalue weighted by Gasteiger charge is -2.16. The molecule has 1 rings (SSSR count). The standard InChI is InChI=1S/C9H17N3O2/c1-7-4-9(10)12(11-7)8(5-13-2)6-14-3/h4,8H,5-6,10H2,1-3H3. The summed E-state index contributed by atoms with van der Waals surface area (Å²) in [6, 6.07) is 1.87. The van der Waals surface area contributed by atoms with Crippen LogP contribution in [0.25, 0.3) is 0 Å². The van der Waals surface area contributed by atoms with Crippen LogP contribution in [0.4, 0.5) is 5.82 Å². The van der Waals surface area contributed by atoms with Crippen LogP contribution in [0.1, 0.15) is 11.7 Å². The van der Waals surface area contributed by atoms with Crippen molar-refractivity contribution in [3.05, 3.63) is 11.8 Å². The van der Waals surface area contributed by atoms with Gasteiger partial charge in [0.05, 0.1) is 18.9 Å². The van der Waals surface area contributed by atoms with Crippen molar-refractivity contribution in [1.29, 1.82) is 0 Å². The van der Waals surface area contributed by atoms with Crippen molar-refractivity contribution in [2.24, 2.45) is 0 Å². The third-order valence-electron chi connectivity index (χ3n) is 1.95. The molecule has 1 aromatic rings. The smallest absolute Gasteiger partial charge is 0.122 e. The fourth-order valence-corrected chi connectivity index (χ4v) is 1.40. The molecule has 0 fully saturated rings. The van der Waals surface area contributed by atoms with E-state index in [9.17, 15) is 0 Å². The van der Waals surface area contributed by atoms with E-state index in [-0.39, 0.29) is 6.04 Å². The molecule has 5 heteroatoms. The van der Waals surface area contributed by atoms with Crippen LogP contribution >= 0.6 is 0 Å². The maximum atomic E-state index is 5.79. The van der Waals surface area contributed by atoms with Crippen LogP contribution in [0.5, 0.6) is 0 Å². The third kappa shape index (κ3) is 2.46. The van der Waals surface area contributed by atoms with E-state index in [1.54, 1.807) is 18.9 Å². The highest BCUT2D eigenvalue weighted by atomic mass is 16.5. The number of nitrogens with two attached hydrogens (primary N) is 1. The molecule has 80 valence electrons. The largest absolute Gasteiger partial charge is 0.384 e. The minimum atomic E-state index is 0.0405. The molecule has 0 aromatic carbocycles. The maximum absolute atomic E-state index is 5.79. The summed E-state index contributed by atoms with van der Waals surface area (Å²) in [5.41, 5.74) is 6.69. The van der Waals surface area contributed by atoms with Crippen molar-refractivity contribution in [3.8, 4) is 0 Å². The van der Waals surface area contributed by atoms with Gasteiger partial charge in [-0.25, -0.2) is 4.68 Å². The summed E-state index contributed by atoms with van der Waals surface area (Å²) in [7, 11) is 3.30. The second-order valence-corrected chi connectivity index (χ2v) is 3.22. The molecule has 0 aliphatic heterocycles. The number of ether oxygens (including phenoxy) is 2. The Morgan fingerprint density at radius 3 is 2.36 bits per heavy atom. The molecular formula is C9H17N3O2. The minimum absolute atomic E-state index is 0.0405. The van der Waals surface area contributed by atoms with Crippen molar-refractivity contribution in [2.75, 3.05) is 33.2 Å². The van der Waals surface area contributed by atoms with Crippen molar-refractivity contribution in [1.82, 2.24) is 9.78 Å². The lowest BCUT2D eigenvalue weighted by molar-refractivity contribution is 0.0848. The Balaban J connectivity index is 2.80. The van der Waals surface area contributed by atoms with Gasteiger partial charge in [0.2, 0.25) is 0 Å². The Kier molecular flexibility index (Phi) is 3.91. The Bertz CT molecular complexity index is 280. The number of methoxy groups -OCH3 is 2. The van der Waals surface area contributed by atoms with E-state index in [0.717, 1.165) is 5.69 Å². The summed E-state index contributed by atoms with van der Waals surface area (Å²) in [5.74, 6) is 0.640. The summed E-state index contributed by atoms with van der Waals surface area (Å²) in [6.07, 6.45) is 0. The molecule has 0 atom stereocenters. The number of rotatable bonds is 5. The second-order valence-electron chi connectivity index (χ2n) is 3.22. The number of anilines is 1. The minimum Gasteiger partial charge on any atom is -0.384 e. The topological polar surface area (TPSA) is 62.3 Å². The fourth-order valence-electron chi connectivity index (χ4n) is 1.40. The van der Waals surface area contributed by atoms with E-state index in [1.807, 2.05) is 13.0 Å². The van der Waals surface area contributed by atoms with Gasteiger partial charge < -0.3 is 15.2 Å². The zero-order valence-electron chi connectivity index (χ0n) is 8.86. The molecule has 1 aromatic heterocycles. The SMILES string of the molecule is COCC(COC)n1nc(C)cc1N.